The molecule has 0 aromatic heterocycles. The summed E-state index contributed by atoms with van der Waals surface area (Å²) in [5, 5.41) is 4.32. The first-order valence-corrected chi connectivity index (χ1v) is 5.18. The Morgan fingerprint density at radius 3 is 2.05 bits per heavy atom. The lowest BCUT2D eigenvalue weighted by molar-refractivity contribution is -0.278. The molecule has 0 saturated carbocycles. The second-order valence-corrected chi connectivity index (χ2v) is 3.71. The third-order valence-electron chi connectivity index (χ3n) is 2.32. The lowest BCUT2D eigenvalue weighted by atomic mass is 10.2. The summed E-state index contributed by atoms with van der Waals surface area (Å²) in [5.74, 6) is -5.94. The Labute approximate surface area is 105 Å². The second-order valence-electron chi connectivity index (χ2n) is 3.71. The van der Waals surface area contributed by atoms with Crippen molar-refractivity contribution >= 4 is 11.6 Å². The van der Waals surface area contributed by atoms with Crippen LogP contribution in [0.2, 0.25) is 0 Å². The van der Waals surface area contributed by atoms with Gasteiger partial charge in [-0.15, -0.1) is 0 Å². The molecule has 0 spiro atoms. The van der Waals surface area contributed by atoms with E-state index in [0.717, 1.165) is 0 Å². The Morgan fingerprint density at radius 2 is 1.63 bits per heavy atom. The van der Waals surface area contributed by atoms with E-state index in [9.17, 15) is 26.7 Å². The first-order chi connectivity index (χ1) is 8.67. The number of carbonyl (C=O) groups excluding carboxylic acids is 1. The van der Waals surface area contributed by atoms with Gasteiger partial charge in [0, 0.05) is 18.3 Å². The zero-order valence-electron chi connectivity index (χ0n) is 9.81. The zero-order chi connectivity index (χ0) is 14.7. The van der Waals surface area contributed by atoms with E-state index in [1.807, 2.05) is 0 Å². The van der Waals surface area contributed by atoms with Gasteiger partial charge >= 0.3 is 12.1 Å². The normalized spacial score (nSPS) is 12.1. The van der Waals surface area contributed by atoms with Crippen molar-refractivity contribution in [3.63, 3.8) is 0 Å². The summed E-state index contributed by atoms with van der Waals surface area (Å²) in [6, 6.07) is 5.62. The highest BCUT2D eigenvalue weighted by molar-refractivity contribution is 5.94. The topological polar surface area (TPSA) is 41.1 Å². The molecule has 0 unspecified atom stereocenters. The maximum Gasteiger partial charge on any atom is 0.455 e. The molecule has 2 N–H and O–H groups in total. The minimum atomic E-state index is -5.68. The maximum atomic E-state index is 12.6. The third-order valence-corrected chi connectivity index (χ3v) is 2.32. The standard InChI is InChI=1S/C11H11F5N2O/c1-17-8-4-2-7(3-5-8)9(19)18-6-10(12,13)11(14,15)16/h2-5,17H,6H2,1H3,(H,18,19). The van der Waals surface area contributed by atoms with E-state index in [1.54, 1.807) is 12.4 Å². The molecule has 8 heteroatoms. The van der Waals surface area contributed by atoms with Crippen LogP contribution in [0, 0.1) is 0 Å². The van der Waals surface area contributed by atoms with E-state index < -0.39 is 24.6 Å². The Balaban J connectivity index is 2.65. The summed E-state index contributed by atoms with van der Waals surface area (Å²) in [4.78, 5) is 11.4. The molecule has 0 heterocycles. The van der Waals surface area contributed by atoms with E-state index in [4.69, 9.17) is 0 Å². The summed E-state index contributed by atoms with van der Waals surface area (Å²) < 4.78 is 60.8. The van der Waals surface area contributed by atoms with Gasteiger partial charge < -0.3 is 10.6 Å². The van der Waals surface area contributed by atoms with Crippen LogP contribution in [-0.2, 0) is 0 Å². The van der Waals surface area contributed by atoms with Crippen molar-refractivity contribution in [3.8, 4) is 0 Å². The van der Waals surface area contributed by atoms with Crippen LogP contribution >= 0.6 is 0 Å². The van der Waals surface area contributed by atoms with Gasteiger partial charge in [-0.05, 0) is 24.3 Å². The van der Waals surface area contributed by atoms with Crippen LogP contribution < -0.4 is 10.6 Å². The molecule has 0 atom stereocenters. The number of rotatable bonds is 4. The van der Waals surface area contributed by atoms with Crippen LogP contribution in [0.3, 0.4) is 0 Å². The number of hydrogen-bond donors (Lipinski definition) is 2. The molecule has 0 fully saturated rings. The number of alkyl halides is 5. The summed E-state index contributed by atoms with van der Waals surface area (Å²) in [6.45, 7) is -1.79. The summed E-state index contributed by atoms with van der Waals surface area (Å²) in [6.07, 6.45) is -5.68. The summed E-state index contributed by atoms with van der Waals surface area (Å²) in [7, 11) is 1.64. The van der Waals surface area contributed by atoms with Crippen molar-refractivity contribution in [2.75, 3.05) is 18.9 Å². The zero-order valence-corrected chi connectivity index (χ0v) is 9.81. The molecule has 106 valence electrons. The second kappa shape index (κ2) is 5.41. The van der Waals surface area contributed by atoms with Crippen molar-refractivity contribution < 1.29 is 26.7 Å². The average Bonchev–Trinajstić information content (AvgIpc) is 2.35. The summed E-state index contributed by atoms with van der Waals surface area (Å²) in [5.41, 5.74) is 0.675. The average molecular weight is 282 g/mol. The van der Waals surface area contributed by atoms with E-state index >= 15 is 0 Å². The molecule has 3 nitrogen and oxygen atoms in total. The van der Waals surface area contributed by atoms with Gasteiger partial charge in [0.1, 0.15) is 0 Å². The molecular weight excluding hydrogens is 271 g/mol. The molecular formula is C11H11F5N2O. The van der Waals surface area contributed by atoms with E-state index in [1.165, 1.54) is 24.3 Å². The molecule has 0 bridgehead atoms. The number of halogens is 5. The van der Waals surface area contributed by atoms with E-state index in [0.29, 0.717) is 5.69 Å². The number of nitrogens with one attached hydrogen (secondary N) is 2. The van der Waals surface area contributed by atoms with Crippen molar-refractivity contribution in [1.29, 1.82) is 0 Å². The van der Waals surface area contributed by atoms with Gasteiger partial charge in [-0.2, -0.15) is 22.0 Å². The molecule has 1 aromatic rings. The van der Waals surface area contributed by atoms with Gasteiger partial charge in [-0.1, -0.05) is 0 Å². The number of hydrogen-bond acceptors (Lipinski definition) is 2. The maximum absolute atomic E-state index is 12.6. The number of anilines is 1. The Hall–Kier alpha value is -1.86. The largest absolute Gasteiger partial charge is 0.455 e. The monoisotopic (exact) mass is 282 g/mol. The quantitative estimate of drug-likeness (QED) is 0.834. The SMILES string of the molecule is CNc1ccc(C(=O)NCC(F)(F)C(F)(F)F)cc1. The molecule has 1 rings (SSSR count). The van der Waals surface area contributed by atoms with Gasteiger partial charge in [0.15, 0.2) is 0 Å². The lowest BCUT2D eigenvalue weighted by Crippen LogP contribution is -2.46. The van der Waals surface area contributed by atoms with Crippen LogP contribution in [0.25, 0.3) is 0 Å². The predicted molar refractivity (Wildman–Crippen MR) is 59.3 cm³/mol. The van der Waals surface area contributed by atoms with Crippen LogP contribution in [0.15, 0.2) is 24.3 Å². The first kappa shape index (κ1) is 15.2. The fourth-order valence-corrected chi connectivity index (χ4v) is 1.18. The lowest BCUT2D eigenvalue weighted by Gasteiger charge is -2.19. The van der Waals surface area contributed by atoms with Crippen LogP contribution in [0.4, 0.5) is 27.6 Å². The minimum Gasteiger partial charge on any atom is -0.388 e. The molecule has 19 heavy (non-hydrogen) atoms. The Morgan fingerprint density at radius 1 is 1.11 bits per heavy atom. The van der Waals surface area contributed by atoms with Crippen molar-refractivity contribution in [2.24, 2.45) is 0 Å². The van der Waals surface area contributed by atoms with Gasteiger partial charge in [0.05, 0.1) is 6.54 Å². The van der Waals surface area contributed by atoms with E-state index in [2.05, 4.69) is 5.32 Å². The highest BCUT2D eigenvalue weighted by atomic mass is 19.4. The molecule has 0 radical (unpaired) electrons. The van der Waals surface area contributed by atoms with Crippen molar-refractivity contribution in [1.82, 2.24) is 5.32 Å². The van der Waals surface area contributed by atoms with Crippen molar-refractivity contribution in [2.45, 2.75) is 12.1 Å². The highest BCUT2D eigenvalue weighted by Gasteiger charge is 2.57. The molecule has 0 aliphatic heterocycles. The van der Waals surface area contributed by atoms with Crippen LogP contribution in [-0.4, -0.2) is 31.6 Å². The van der Waals surface area contributed by atoms with Gasteiger partial charge in [-0.3, -0.25) is 4.79 Å². The smallest absolute Gasteiger partial charge is 0.388 e. The third kappa shape index (κ3) is 3.80. The molecule has 0 saturated heterocycles. The van der Waals surface area contributed by atoms with Gasteiger partial charge in [0.25, 0.3) is 5.91 Å². The molecule has 0 aliphatic carbocycles. The molecule has 1 aromatic carbocycles. The molecule has 0 aliphatic rings. The summed E-state index contributed by atoms with van der Waals surface area (Å²) >= 11 is 0. The molecule has 1 amide bonds. The highest BCUT2D eigenvalue weighted by Crippen LogP contribution is 2.34. The van der Waals surface area contributed by atoms with Crippen LogP contribution in [0.5, 0.6) is 0 Å². The predicted octanol–water partition coefficient (Wildman–Crippen LogP) is 2.66. The Kier molecular flexibility index (Phi) is 4.33. The first-order valence-electron chi connectivity index (χ1n) is 5.18. The number of amides is 1. The van der Waals surface area contributed by atoms with Crippen LogP contribution in [0.1, 0.15) is 10.4 Å². The van der Waals surface area contributed by atoms with E-state index in [-0.39, 0.29) is 5.56 Å². The van der Waals surface area contributed by atoms with Crippen molar-refractivity contribution in [3.05, 3.63) is 29.8 Å². The number of carbonyl (C=O) groups is 1. The fourth-order valence-electron chi connectivity index (χ4n) is 1.18. The number of benzene rings is 1. The fraction of sp³-hybridized carbons (Fsp3) is 0.364. The minimum absolute atomic E-state index is 0.00280. The Bertz CT molecular complexity index is 441. The van der Waals surface area contributed by atoms with Gasteiger partial charge in [0.2, 0.25) is 0 Å². The van der Waals surface area contributed by atoms with Gasteiger partial charge in [-0.25, -0.2) is 0 Å².